The van der Waals surface area contributed by atoms with Crippen LogP contribution in [0.3, 0.4) is 0 Å². The molecule has 1 fully saturated rings. The van der Waals surface area contributed by atoms with Crippen LogP contribution < -0.4 is 20.6 Å². The van der Waals surface area contributed by atoms with Crippen molar-refractivity contribution in [1.82, 2.24) is 24.9 Å². The first kappa shape index (κ1) is 77.1. The van der Waals surface area contributed by atoms with Gasteiger partial charge in [0.25, 0.3) is 0 Å². The summed E-state index contributed by atoms with van der Waals surface area (Å²) in [4.78, 5) is 90.0. The molecule has 1 unspecified atom stereocenters. The molecule has 79 heavy (non-hydrogen) atoms. The van der Waals surface area contributed by atoms with Gasteiger partial charge < -0.3 is 49.4 Å². The van der Waals surface area contributed by atoms with Gasteiger partial charge in [-0.05, 0) is 12.8 Å². The van der Waals surface area contributed by atoms with E-state index >= 15 is 0 Å². The number of hydrogen-bond donors (Lipinski definition) is 2. The van der Waals surface area contributed by atoms with Crippen LogP contribution in [-0.2, 0) is 51.9 Å². The average Bonchev–Trinajstić information content (AvgIpc) is 3.38. The van der Waals surface area contributed by atoms with E-state index < -0.39 is 82.5 Å². The zero-order chi connectivity index (χ0) is 57.3. The Morgan fingerprint density at radius 1 is 0.456 bits per heavy atom. The predicted octanol–water partition coefficient (Wildman–Crippen LogP) is 5.69. The molecule has 1 radical (unpaired) electrons. The SMILES string of the molecule is CCCCCCCCCCCCCCCCCC(=O)OC[C@H](COP(=O)(O)OCCNC(=O)CN1CCN(CC(=O)[O-])CCN(CC(=O)[O-])CCN(CC(=O)[O-])CC1)OC(=O)CCCCCCCCCCCCCCCCC.[Gd+3]. The number of phosphoric acid groups is 1. The van der Waals surface area contributed by atoms with E-state index in [9.17, 15) is 53.5 Å². The number of phosphoric ester groups is 1. The van der Waals surface area contributed by atoms with Gasteiger partial charge in [-0.1, -0.05) is 194 Å². The number of hydrogen-bond acceptors (Lipinski definition) is 18. The third-order valence-electron chi connectivity index (χ3n) is 14.2. The maximum Gasteiger partial charge on any atom is 3.00 e. The molecule has 0 aliphatic carbocycles. The van der Waals surface area contributed by atoms with Gasteiger partial charge in [0.15, 0.2) is 6.10 Å². The maximum absolute atomic E-state index is 13.1. The number of ether oxygens (including phenoxy) is 2. The van der Waals surface area contributed by atoms with Gasteiger partial charge in [-0.3, -0.25) is 43.0 Å². The molecule has 22 heteroatoms. The number of aliphatic carboxylic acids is 3. The third-order valence-corrected chi connectivity index (χ3v) is 15.1. The molecule has 1 rings (SSSR count). The van der Waals surface area contributed by atoms with Gasteiger partial charge in [-0.2, -0.15) is 0 Å². The number of esters is 2. The van der Waals surface area contributed by atoms with Crippen molar-refractivity contribution < 1.29 is 112 Å². The topological polar surface area (TPSA) is 271 Å². The largest absolute Gasteiger partial charge is 3.00 e. The maximum atomic E-state index is 13.1. The number of carboxylic acids is 3. The molecule has 0 spiro atoms. The number of carbonyl (C=O) groups is 6. The van der Waals surface area contributed by atoms with Crippen molar-refractivity contribution in [3.05, 3.63) is 0 Å². The summed E-state index contributed by atoms with van der Waals surface area (Å²) in [6.45, 7) is 2.61. The number of amides is 1. The number of rotatable bonds is 50. The van der Waals surface area contributed by atoms with Gasteiger partial charge in [0.05, 0.1) is 37.7 Å². The normalized spacial score (nSPS) is 15.5. The predicted molar refractivity (Wildman–Crippen MR) is 295 cm³/mol. The molecule has 1 heterocycles. The van der Waals surface area contributed by atoms with Crippen molar-refractivity contribution in [2.75, 3.05) is 105 Å². The number of unbranched alkanes of at least 4 members (excludes halogenated alkanes) is 28. The van der Waals surface area contributed by atoms with Gasteiger partial charge in [0, 0.05) is 91.4 Å². The first-order valence-corrected chi connectivity index (χ1v) is 31.8. The fourth-order valence-electron chi connectivity index (χ4n) is 9.48. The van der Waals surface area contributed by atoms with E-state index in [1.165, 1.54) is 146 Å². The molecule has 0 bridgehead atoms. The fraction of sp³-hybridized carbons (Fsp3) is 0.895. The zero-order valence-electron chi connectivity index (χ0n) is 48.8. The van der Waals surface area contributed by atoms with Gasteiger partial charge in [-0.25, -0.2) is 4.57 Å². The Labute approximate surface area is 507 Å². The zero-order valence-corrected chi connectivity index (χ0v) is 51.9. The molecule has 461 valence electrons. The third kappa shape index (κ3) is 50.3. The molecule has 1 aliphatic rings. The van der Waals surface area contributed by atoms with Crippen LogP contribution in [0.2, 0.25) is 0 Å². The van der Waals surface area contributed by atoms with Crippen LogP contribution in [0.5, 0.6) is 0 Å². The van der Waals surface area contributed by atoms with Gasteiger partial charge in [0.2, 0.25) is 5.91 Å². The van der Waals surface area contributed by atoms with Crippen molar-refractivity contribution in [1.29, 1.82) is 0 Å². The molecule has 0 saturated carbocycles. The molecule has 0 aromatic carbocycles. The average molecular weight is 1290 g/mol. The Morgan fingerprint density at radius 3 is 1.09 bits per heavy atom. The molecule has 1 aliphatic heterocycles. The van der Waals surface area contributed by atoms with Crippen molar-refractivity contribution in [2.24, 2.45) is 0 Å². The quantitative estimate of drug-likeness (QED) is 0.0421. The standard InChI is InChI=1S/C57H108N5O15P.Gd/c1-3-5-7-9-11-13-15-17-19-21-23-25-27-29-31-33-56(70)74-49-51(77-57(71)34-32-30-28-26-24-22-20-18-16-14-12-10-8-6-4-2)50-76-78(72,73)75-44-35-58-52(63)45-59-36-38-60(46-53(64)65)40-42-62(48-55(68)69)43-41-61(39-37-59)47-54(66)67;/h51H,3-50H2,1-2H3,(H,58,63)(H,64,65)(H,66,67)(H,68,69)(H,72,73);/q;+3/p-3/t51-;/m1./s1. The summed E-state index contributed by atoms with van der Waals surface area (Å²) in [5, 5.41) is 37.0. The van der Waals surface area contributed by atoms with Gasteiger partial charge in [-0.15, -0.1) is 0 Å². The Hall–Kier alpha value is -1.91. The summed E-state index contributed by atoms with van der Waals surface area (Å²) in [6.07, 6.45) is 34.9. The molecular formula is C57H105GdN5O15P. The molecule has 0 aromatic heterocycles. The summed E-state index contributed by atoms with van der Waals surface area (Å²) in [6, 6.07) is 0. The minimum atomic E-state index is -4.76. The molecule has 2 atom stereocenters. The second-order valence-corrected chi connectivity index (χ2v) is 22.8. The van der Waals surface area contributed by atoms with E-state index in [2.05, 4.69) is 19.2 Å². The number of carboxylic acid groups (broad SMARTS) is 3. The number of nitrogens with one attached hydrogen (secondary N) is 1. The summed E-state index contributed by atoms with van der Waals surface area (Å²) in [7, 11) is -4.76. The minimum Gasteiger partial charge on any atom is -0.549 e. The molecule has 20 nitrogen and oxygen atoms in total. The molecular weight excluding hydrogens is 1180 g/mol. The molecule has 2 N–H and O–H groups in total. The second kappa shape index (κ2) is 52.9. The molecule has 1 saturated heterocycles. The Kier molecular flexibility index (Phi) is 51.6. The van der Waals surface area contributed by atoms with Crippen LogP contribution in [0.1, 0.15) is 219 Å². The minimum absolute atomic E-state index is 0. The van der Waals surface area contributed by atoms with E-state index in [0.29, 0.717) is 12.8 Å². The van der Waals surface area contributed by atoms with E-state index in [1.54, 1.807) is 14.7 Å². The Morgan fingerprint density at radius 2 is 0.759 bits per heavy atom. The molecule has 0 aromatic rings. The molecule has 1 amide bonds. The summed E-state index contributed by atoms with van der Waals surface area (Å²) < 4.78 is 34.4. The van der Waals surface area contributed by atoms with Crippen LogP contribution in [0, 0.1) is 39.9 Å². The van der Waals surface area contributed by atoms with Crippen molar-refractivity contribution in [3.63, 3.8) is 0 Å². The smallest absolute Gasteiger partial charge is 0.549 e. The summed E-state index contributed by atoms with van der Waals surface area (Å²) in [5.74, 6) is -5.52. The number of nitrogens with zero attached hydrogens (tertiary/aromatic N) is 4. The van der Waals surface area contributed by atoms with E-state index in [1.807, 2.05) is 0 Å². The van der Waals surface area contributed by atoms with Crippen molar-refractivity contribution >= 4 is 43.6 Å². The van der Waals surface area contributed by atoms with E-state index in [-0.39, 0.29) is 125 Å². The Balaban J connectivity index is 0.0000608. The van der Waals surface area contributed by atoms with Crippen LogP contribution >= 0.6 is 7.82 Å². The summed E-state index contributed by atoms with van der Waals surface area (Å²) >= 11 is 0. The fourth-order valence-corrected chi connectivity index (χ4v) is 10.2. The van der Waals surface area contributed by atoms with E-state index in [4.69, 9.17) is 18.5 Å². The second-order valence-electron chi connectivity index (χ2n) is 21.4. The monoisotopic (exact) mass is 1290 g/mol. The van der Waals surface area contributed by atoms with Crippen LogP contribution in [-0.4, -0.2) is 171 Å². The van der Waals surface area contributed by atoms with E-state index in [0.717, 1.165) is 38.5 Å². The van der Waals surface area contributed by atoms with Crippen LogP contribution in [0.25, 0.3) is 0 Å². The van der Waals surface area contributed by atoms with Crippen LogP contribution in [0.15, 0.2) is 0 Å². The number of carbonyl (C=O) groups excluding carboxylic acids is 6. The Bertz CT molecular complexity index is 1590. The first-order valence-electron chi connectivity index (χ1n) is 30.3. The van der Waals surface area contributed by atoms with Gasteiger partial charge >= 0.3 is 59.7 Å². The first-order chi connectivity index (χ1) is 37.6. The van der Waals surface area contributed by atoms with Crippen molar-refractivity contribution in [3.8, 4) is 0 Å². The van der Waals surface area contributed by atoms with Gasteiger partial charge in [0.1, 0.15) is 6.61 Å². The van der Waals surface area contributed by atoms with Crippen molar-refractivity contribution in [2.45, 2.75) is 225 Å². The summed E-state index contributed by atoms with van der Waals surface area (Å²) in [5.41, 5.74) is 0. The van der Waals surface area contributed by atoms with Crippen LogP contribution in [0.4, 0.5) is 0 Å².